The molecule has 0 saturated heterocycles. The Morgan fingerprint density at radius 3 is 1.87 bits per heavy atom. The maximum atomic E-state index is 11.9. The molecule has 0 aromatic carbocycles. The van der Waals surface area contributed by atoms with Crippen molar-refractivity contribution in [2.75, 3.05) is 14.2 Å². The van der Waals surface area contributed by atoms with E-state index in [-0.39, 0.29) is 11.2 Å². The summed E-state index contributed by atoms with van der Waals surface area (Å²) in [5, 5.41) is 0. The van der Waals surface area contributed by atoms with Crippen LogP contribution in [0.3, 0.4) is 0 Å². The van der Waals surface area contributed by atoms with Crippen LogP contribution in [-0.2, 0) is 19.1 Å². The summed E-state index contributed by atoms with van der Waals surface area (Å²) in [4.78, 5) is 23.1. The van der Waals surface area contributed by atoms with E-state index in [9.17, 15) is 9.59 Å². The second kappa shape index (κ2) is 5.26. The molecule has 4 nitrogen and oxygen atoms in total. The molecule has 0 heterocycles. The highest BCUT2D eigenvalue weighted by atomic mass is 16.5. The first-order valence-electron chi connectivity index (χ1n) is 4.90. The molecule has 0 rings (SSSR count). The predicted octanol–water partition coefficient (Wildman–Crippen LogP) is 1.43. The average molecular weight is 216 g/mol. The molecule has 0 N–H and O–H groups in total. The van der Waals surface area contributed by atoms with Crippen LogP contribution in [0, 0.1) is 11.3 Å². The Morgan fingerprint density at radius 2 is 1.60 bits per heavy atom. The Labute approximate surface area is 90.9 Å². The monoisotopic (exact) mass is 216 g/mol. The summed E-state index contributed by atoms with van der Waals surface area (Å²) in [6, 6.07) is 0. The van der Waals surface area contributed by atoms with E-state index in [0.717, 1.165) is 0 Å². The molecule has 0 radical (unpaired) electrons. The fourth-order valence-corrected chi connectivity index (χ4v) is 1.42. The van der Waals surface area contributed by atoms with Crippen LogP contribution in [0.25, 0.3) is 0 Å². The number of hydrogen-bond acceptors (Lipinski definition) is 4. The molecule has 0 saturated carbocycles. The van der Waals surface area contributed by atoms with E-state index in [1.807, 2.05) is 20.8 Å². The van der Waals surface area contributed by atoms with Crippen LogP contribution in [0.2, 0.25) is 0 Å². The highest BCUT2D eigenvalue weighted by Gasteiger charge is 2.36. The van der Waals surface area contributed by atoms with Crippen molar-refractivity contribution in [1.29, 1.82) is 0 Å². The van der Waals surface area contributed by atoms with Crippen molar-refractivity contribution in [2.45, 2.75) is 33.8 Å². The number of esters is 1. The van der Waals surface area contributed by atoms with Crippen molar-refractivity contribution in [1.82, 2.24) is 0 Å². The third-order valence-corrected chi connectivity index (χ3v) is 2.26. The average Bonchev–Trinajstić information content (AvgIpc) is 2.14. The van der Waals surface area contributed by atoms with Crippen molar-refractivity contribution in [2.24, 2.45) is 11.3 Å². The number of ether oxygens (including phenoxy) is 2. The maximum absolute atomic E-state index is 11.9. The molecular weight excluding hydrogens is 196 g/mol. The largest absolute Gasteiger partial charge is 0.468 e. The number of rotatable bonds is 4. The van der Waals surface area contributed by atoms with Gasteiger partial charge in [-0.25, -0.2) is 0 Å². The molecule has 0 aliphatic carbocycles. The first-order valence-corrected chi connectivity index (χ1v) is 4.90. The Bertz CT molecular complexity index is 239. The lowest BCUT2D eigenvalue weighted by atomic mass is 9.83. The molecule has 2 unspecified atom stereocenters. The molecule has 0 spiro atoms. The molecule has 0 aromatic rings. The molecule has 88 valence electrons. The number of carbonyl (C=O) groups is 2. The zero-order valence-corrected chi connectivity index (χ0v) is 10.3. The van der Waals surface area contributed by atoms with Gasteiger partial charge in [-0.3, -0.25) is 9.59 Å². The Balaban J connectivity index is 4.74. The summed E-state index contributed by atoms with van der Waals surface area (Å²) < 4.78 is 9.66. The third kappa shape index (κ3) is 3.63. The number of methoxy groups -OCH3 is 2. The van der Waals surface area contributed by atoms with E-state index in [4.69, 9.17) is 4.74 Å². The number of hydrogen-bond donors (Lipinski definition) is 0. The Hall–Kier alpha value is -0.900. The van der Waals surface area contributed by atoms with Crippen molar-refractivity contribution in [3.8, 4) is 0 Å². The minimum absolute atomic E-state index is 0.239. The van der Waals surface area contributed by atoms with Crippen molar-refractivity contribution < 1.29 is 19.1 Å². The zero-order chi connectivity index (χ0) is 12.2. The molecule has 2 atom stereocenters. The van der Waals surface area contributed by atoms with Gasteiger partial charge >= 0.3 is 5.97 Å². The molecule has 0 aliphatic rings. The molecule has 0 aromatic heterocycles. The molecular formula is C11H20O4. The summed E-state index contributed by atoms with van der Waals surface area (Å²) in [6.07, 6.45) is -0.591. The number of carbonyl (C=O) groups excluding carboxylic acids is 2. The van der Waals surface area contributed by atoms with Gasteiger partial charge in [0.1, 0.15) is 12.0 Å². The second-order valence-electron chi connectivity index (χ2n) is 4.63. The van der Waals surface area contributed by atoms with Crippen LogP contribution in [-0.4, -0.2) is 32.1 Å². The lowest BCUT2D eigenvalue weighted by molar-refractivity contribution is -0.154. The van der Waals surface area contributed by atoms with Crippen LogP contribution in [0.15, 0.2) is 0 Å². The lowest BCUT2D eigenvalue weighted by Crippen LogP contribution is -2.41. The van der Waals surface area contributed by atoms with Crippen LogP contribution >= 0.6 is 0 Å². The number of Topliss-reactive ketones (excluding diaryl/α,β-unsaturated/α-hetero) is 1. The van der Waals surface area contributed by atoms with Crippen molar-refractivity contribution in [3.63, 3.8) is 0 Å². The van der Waals surface area contributed by atoms with Gasteiger partial charge in [-0.05, 0) is 12.3 Å². The first-order chi connectivity index (χ1) is 6.75. The zero-order valence-electron chi connectivity index (χ0n) is 10.3. The molecule has 15 heavy (non-hydrogen) atoms. The summed E-state index contributed by atoms with van der Waals surface area (Å²) in [5.74, 6) is -1.54. The molecule has 0 bridgehead atoms. The maximum Gasteiger partial charge on any atom is 0.316 e. The highest BCUT2D eigenvalue weighted by molar-refractivity contribution is 6.01. The third-order valence-electron chi connectivity index (χ3n) is 2.26. The quantitative estimate of drug-likeness (QED) is 0.527. The highest BCUT2D eigenvalue weighted by Crippen LogP contribution is 2.25. The van der Waals surface area contributed by atoms with Gasteiger partial charge in [-0.2, -0.15) is 0 Å². The van der Waals surface area contributed by atoms with E-state index in [1.54, 1.807) is 0 Å². The summed E-state index contributed by atoms with van der Waals surface area (Å²) in [6.45, 7) is 7.21. The minimum atomic E-state index is -0.779. The predicted molar refractivity (Wildman–Crippen MR) is 56.4 cm³/mol. The van der Waals surface area contributed by atoms with Gasteiger partial charge in [0.05, 0.1) is 7.11 Å². The molecule has 0 amide bonds. The fourth-order valence-electron chi connectivity index (χ4n) is 1.42. The van der Waals surface area contributed by atoms with Gasteiger partial charge in [0.15, 0.2) is 5.78 Å². The van der Waals surface area contributed by atoms with Crippen LogP contribution in [0.4, 0.5) is 0 Å². The van der Waals surface area contributed by atoms with Gasteiger partial charge in [0, 0.05) is 7.11 Å². The molecule has 4 heteroatoms. The summed E-state index contributed by atoms with van der Waals surface area (Å²) in [5.41, 5.74) is -0.325. The van der Waals surface area contributed by atoms with Gasteiger partial charge in [-0.15, -0.1) is 0 Å². The van der Waals surface area contributed by atoms with Crippen LogP contribution in [0.5, 0.6) is 0 Å². The normalized spacial score (nSPS) is 15.6. The van der Waals surface area contributed by atoms with Crippen molar-refractivity contribution in [3.05, 3.63) is 0 Å². The van der Waals surface area contributed by atoms with E-state index in [2.05, 4.69) is 4.74 Å². The first kappa shape index (κ1) is 14.1. The van der Waals surface area contributed by atoms with Crippen LogP contribution in [0.1, 0.15) is 27.7 Å². The number of ketones is 1. The van der Waals surface area contributed by atoms with Crippen molar-refractivity contribution >= 4 is 11.8 Å². The van der Waals surface area contributed by atoms with E-state index in [1.165, 1.54) is 21.1 Å². The fraction of sp³-hybridized carbons (Fsp3) is 0.818. The Kier molecular flexibility index (Phi) is 4.94. The minimum Gasteiger partial charge on any atom is -0.468 e. The smallest absolute Gasteiger partial charge is 0.316 e. The topological polar surface area (TPSA) is 52.6 Å². The standard InChI is InChI=1S/C11H20O4/c1-7(10(13)15-6)8(12)9(14-5)11(2,3)4/h7,9H,1-6H3. The molecule has 0 aliphatic heterocycles. The van der Waals surface area contributed by atoms with E-state index >= 15 is 0 Å². The summed E-state index contributed by atoms with van der Waals surface area (Å²) in [7, 11) is 2.74. The summed E-state index contributed by atoms with van der Waals surface area (Å²) >= 11 is 0. The van der Waals surface area contributed by atoms with Gasteiger partial charge in [0.2, 0.25) is 0 Å². The van der Waals surface area contributed by atoms with Gasteiger partial charge < -0.3 is 9.47 Å². The second-order valence-corrected chi connectivity index (χ2v) is 4.63. The van der Waals surface area contributed by atoms with Gasteiger partial charge in [-0.1, -0.05) is 20.8 Å². The lowest BCUT2D eigenvalue weighted by Gasteiger charge is -2.29. The van der Waals surface area contributed by atoms with Gasteiger partial charge in [0.25, 0.3) is 0 Å². The Morgan fingerprint density at radius 1 is 1.13 bits per heavy atom. The van der Waals surface area contributed by atoms with E-state index < -0.39 is 18.0 Å². The van der Waals surface area contributed by atoms with E-state index in [0.29, 0.717) is 0 Å². The molecule has 0 fully saturated rings. The van der Waals surface area contributed by atoms with Crippen LogP contribution < -0.4 is 0 Å². The SMILES string of the molecule is COC(=O)C(C)C(=O)C(OC)C(C)(C)C.